The largest absolute Gasteiger partial charge is 0.482 e. The lowest BCUT2D eigenvalue weighted by atomic mass is 9.43. The molecule has 8 rings (SSSR count). The van der Waals surface area contributed by atoms with Gasteiger partial charge >= 0.3 is 18.9 Å². The summed E-state index contributed by atoms with van der Waals surface area (Å²) in [5, 5.41) is 3.99. The zero-order valence-corrected chi connectivity index (χ0v) is 22.9. The number of nitrogens with one attached hydrogen (secondary N) is 1. The number of rotatable bonds is 4. The van der Waals surface area contributed by atoms with Gasteiger partial charge < -0.3 is 33.4 Å². The molecule has 10 heteroatoms. The smallest absolute Gasteiger partial charge is 0.464 e. The van der Waals surface area contributed by atoms with Crippen LogP contribution in [0.4, 0.5) is 0 Å². The van der Waals surface area contributed by atoms with Gasteiger partial charge in [-0.3, -0.25) is 9.59 Å². The molecule has 2 bridgehead atoms. The molecule has 1 aromatic heterocycles. The van der Waals surface area contributed by atoms with Crippen molar-refractivity contribution in [1.82, 2.24) is 10.2 Å². The molecule has 4 heterocycles. The van der Waals surface area contributed by atoms with Crippen LogP contribution in [0.1, 0.15) is 52.0 Å². The van der Waals surface area contributed by atoms with Gasteiger partial charge in [0.1, 0.15) is 5.58 Å². The van der Waals surface area contributed by atoms with Gasteiger partial charge in [-0.2, -0.15) is 0 Å². The molecule has 3 aliphatic carbocycles. The normalized spacial score (nSPS) is 33.2. The second-order valence-electron chi connectivity index (χ2n) is 12.8. The molecule has 6 fully saturated rings. The van der Waals surface area contributed by atoms with Gasteiger partial charge in [-0.1, -0.05) is 32.0 Å². The maximum atomic E-state index is 13.4. The summed E-state index contributed by atoms with van der Waals surface area (Å²) in [6.07, 6.45) is 5.33. The van der Waals surface area contributed by atoms with Crippen molar-refractivity contribution in [3.63, 3.8) is 0 Å². The summed E-state index contributed by atoms with van der Waals surface area (Å²) in [7, 11) is -0.662. The van der Waals surface area contributed by atoms with Gasteiger partial charge in [-0.25, -0.2) is 0 Å². The Balaban J connectivity index is 1.10. The molecule has 2 amide bonds. The van der Waals surface area contributed by atoms with Gasteiger partial charge in [0.25, 0.3) is 0 Å². The van der Waals surface area contributed by atoms with Crippen molar-refractivity contribution in [1.29, 1.82) is 0 Å². The fourth-order valence-electron chi connectivity index (χ4n) is 7.92. The number of amides is 2. The topological polar surface area (TPSA) is 99.5 Å². The van der Waals surface area contributed by atoms with Crippen molar-refractivity contribution in [2.24, 2.45) is 17.3 Å². The van der Waals surface area contributed by atoms with Crippen LogP contribution in [0.15, 0.2) is 34.9 Å². The van der Waals surface area contributed by atoms with Crippen LogP contribution >= 0.6 is 0 Å². The van der Waals surface area contributed by atoms with Gasteiger partial charge in [-0.05, 0) is 55.1 Å². The number of ether oxygens (including phenoxy) is 2. The first kappa shape index (κ1) is 25.6. The van der Waals surface area contributed by atoms with Crippen molar-refractivity contribution in [3.8, 4) is 0 Å². The number of carbonyl (C=O) groups is 2. The minimum absolute atomic E-state index is 0.0276. The molecule has 39 heavy (non-hydrogen) atoms. The van der Waals surface area contributed by atoms with E-state index in [1.807, 2.05) is 24.3 Å². The molecule has 6 aliphatic rings. The summed E-state index contributed by atoms with van der Waals surface area (Å²) in [5.41, 5.74) is 1.51. The zero-order chi connectivity index (χ0) is 27.0. The van der Waals surface area contributed by atoms with Crippen molar-refractivity contribution in [2.45, 2.75) is 76.3 Å². The molecular weight excluding hydrogens is 499 g/mol. The number of furan rings is 1. The third-order valence-electron chi connectivity index (χ3n) is 10.4. The Labute approximate surface area is 229 Å². The molecule has 3 saturated heterocycles. The molecular formula is C29H37BN2O7. The fourth-order valence-corrected chi connectivity index (χ4v) is 7.92. The Kier molecular flexibility index (Phi) is 5.94. The van der Waals surface area contributed by atoms with E-state index >= 15 is 0 Å². The monoisotopic (exact) mass is 536 g/mol. The average Bonchev–Trinajstić information content (AvgIpc) is 3.65. The zero-order valence-electron chi connectivity index (χ0n) is 22.9. The predicted molar refractivity (Wildman–Crippen MR) is 142 cm³/mol. The molecule has 9 nitrogen and oxygen atoms in total. The van der Waals surface area contributed by atoms with Crippen LogP contribution in [-0.4, -0.2) is 73.6 Å². The summed E-state index contributed by atoms with van der Waals surface area (Å²) in [6.45, 7) is 8.77. The number of likely N-dealkylation sites (tertiary alicyclic amines) is 1. The number of fused-ring (bicyclic) bond motifs is 1. The summed E-state index contributed by atoms with van der Waals surface area (Å²) >= 11 is 0. The van der Waals surface area contributed by atoms with Gasteiger partial charge in [0.2, 0.25) is 0 Å². The van der Waals surface area contributed by atoms with Crippen LogP contribution in [0, 0.1) is 17.3 Å². The van der Waals surface area contributed by atoms with Gasteiger partial charge in [-0.15, -0.1) is 0 Å². The second-order valence-corrected chi connectivity index (χ2v) is 12.8. The number of hydrogen-bond donors (Lipinski definition) is 1. The first-order valence-electron chi connectivity index (χ1n) is 14.3. The number of hydrogen-bond acceptors (Lipinski definition) is 7. The first-order valence-corrected chi connectivity index (χ1v) is 14.3. The lowest BCUT2D eigenvalue weighted by Crippen LogP contribution is -2.65. The number of nitrogens with zero attached hydrogens (tertiary/aromatic N) is 1. The van der Waals surface area contributed by atoms with E-state index in [0.717, 1.165) is 29.4 Å². The summed E-state index contributed by atoms with van der Waals surface area (Å²) < 4.78 is 30.6. The van der Waals surface area contributed by atoms with Crippen molar-refractivity contribution in [2.75, 3.05) is 26.3 Å². The van der Waals surface area contributed by atoms with Crippen molar-refractivity contribution >= 4 is 29.9 Å². The van der Waals surface area contributed by atoms with E-state index in [0.29, 0.717) is 57.4 Å². The average molecular weight is 536 g/mol. The molecule has 208 valence electrons. The van der Waals surface area contributed by atoms with Crippen LogP contribution in [0.2, 0.25) is 0 Å². The summed E-state index contributed by atoms with van der Waals surface area (Å²) in [4.78, 5) is 28.2. The van der Waals surface area contributed by atoms with Crippen molar-refractivity contribution < 1.29 is 32.8 Å². The van der Waals surface area contributed by atoms with Crippen LogP contribution in [0.25, 0.3) is 11.0 Å². The molecule has 1 spiro atoms. The minimum Gasteiger partial charge on any atom is -0.464 e. The molecule has 2 aromatic rings. The van der Waals surface area contributed by atoms with E-state index < -0.39 is 36.3 Å². The quantitative estimate of drug-likeness (QED) is 0.474. The number of benzene rings is 1. The number of carbonyl (C=O) groups excluding carboxylic acids is 2. The Morgan fingerprint density at radius 3 is 2.59 bits per heavy atom. The molecule has 1 N–H and O–H groups in total. The highest BCUT2D eigenvalue weighted by atomic mass is 16.7. The molecule has 0 radical (unpaired) electrons. The van der Waals surface area contributed by atoms with Gasteiger partial charge in [0, 0.05) is 31.3 Å². The second kappa shape index (κ2) is 9.06. The maximum absolute atomic E-state index is 13.4. The Morgan fingerprint density at radius 1 is 1.10 bits per heavy atom. The highest BCUT2D eigenvalue weighted by Gasteiger charge is 2.68. The van der Waals surface area contributed by atoms with E-state index in [2.05, 4.69) is 26.1 Å². The van der Waals surface area contributed by atoms with E-state index in [1.54, 1.807) is 11.2 Å². The molecule has 3 aliphatic heterocycles. The van der Waals surface area contributed by atoms with E-state index in [1.165, 1.54) is 0 Å². The van der Waals surface area contributed by atoms with Gasteiger partial charge in [0.15, 0.2) is 5.79 Å². The highest BCUT2D eigenvalue weighted by Crippen LogP contribution is 2.65. The third-order valence-corrected chi connectivity index (χ3v) is 10.4. The van der Waals surface area contributed by atoms with Crippen LogP contribution in [0.3, 0.4) is 0 Å². The lowest BCUT2D eigenvalue weighted by Gasteiger charge is -2.64. The first-order chi connectivity index (χ1) is 18.7. The molecule has 5 atom stereocenters. The minimum atomic E-state index is -0.662. The SMILES string of the molecule is CC1(C)C2CC1[C@]1(C)OB(C(Cc3coc4ccccc34)NC(=O)C(=O)N3CCC4(CC3)OCCO4)O[C@@H]1C2. The third kappa shape index (κ3) is 4.05. The number of para-hydroxylation sites is 1. The Hall–Kier alpha value is -2.40. The van der Waals surface area contributed by atoms with Crippen molar-refractivity contribution in [3.05, 3.63) is 36.1 Å². The Morgan fingerprint density at radius 2 is 1.85 bits per heavy atom. The highest BCUT2D eigenvalue weighted by molar-refractivity contribution is 6.49. The summed E-state index contributed by atoms with van der Waals surface area (Å²) in [5.74, 6) is -1.34. The van der Waals surface area contributed by atoms with E-state index in [9.17, 15) is 9.59 Å². The summed E-state index contributed by atoms with van der Waals surface area (Å²) in [6, 6.07) is 7.82. The predicted octanol–water partition coefficient (Wildman–Crippen LogP) is 3.09. The molecule has 3 unspecified atom stereocenters. The standard InChI is InChI=1S/C29H37BN2O7/c1-27(2)19-15-22(27)28(3)23(16-19)38-30(39-28)24(14-18-17-35-21-7-5-4-6-20(18)21)31-25(33)26(34)32-10-8-29(9-11-32)36-12-13-37-29/h4-7,17,19,22-24H,8-16H2,1-3H3,(H,31,33)/t19?,22?,23-,24?,28+/m1/s1. The van der Waals surface area contributed by atoms with Crippen LogP contribution in [-0.2, 0) is 34.8 Å². The number of piperidine rings is 1. The van der Waals surface area contributed by atoms with Crippen LogP contribution in [0.5, 0.6) is 0 Å². The lowest BCUT2D eigenvalue weighted by molar-refractivity contribution is -0.199. The Bertz CT molecular complexity index is 1280. The van der Waals surface area contributed by atoms with Gasteiger partial charge in [0.05, 0.1) is 37.1 Å². The fraction of sp³-hybridized carbons (Fsp3) is 0.655. The molecule has 3 saturated carbocycles. The van der Waals surface area contributed by atoms with E-state index in [4.69, 9.17) is 23.2 Å². The van der Waals surface area contributed by atoms with Crippen LogP contribution < -0.4 is 5.32 Å². The van der Waals surface area contributed by atoms with E-state index in [-0.39, 0.29) is 11.5 Å². The molecule has 1 aromatic carbocycles. The maximum Gasteiger partial charge on any atom is 0.482 e.